The molecule has 0 unspecified atom stereocenters. The van der Waals surface area contributed by atoms with Crippen LogP contribution in [0.25, 0.3) is 45.8 Å². The number of hydrogen-bond acceptors (Lipinski definition) is 4. The van der Waals surface area contributed by atoms with Crippen LogP contribution in [0.15, 0.2) is 182 Å². The van der Waals surface area contributed by atoms with Gasteiger partial charge in [-0.2, -0.15) is 10.5 Å². The van der Waals surface area contributed by atoms with Crippen molar-refractivity contribution in [1.29, 1.82) is 10.5 Å². The third-order valence-corrected chi connectivity index (χ3v) is 13.9. The molecule has 326 valence electrons. The van der Waals surface area contributed by atoms with Crippen LogP contribution < -0.4 is 9.80 Å². The summed E-state index contributed by atoms with van der Waals surface area (Å²) in [5, 5.41) is 24.2. The molecule has 0 spiro atoms. The summed E-state index contributed by atoms with van der Waals surface area (Å²) in [5.74, 6) is 0. The normalized spacial score (nSPS) is 13.3. The molecule has 0 radical (unpaired) electrons. The van der Waals surface area contributed by atoms with Gasteiger partial charge in [0.1, 0.15) is 12.1 Å². The Bertz CT molecular complexity index is 3230. The van der Waals surface area contributed by atoms with Crippen LogP contribution >= 0.6 is 0 Å². The highest BCUT2D eigenvalue weighted by atomic mass is 15.1. The van der Waals surface area contributed by atoms with Gasteiger partial charge >= 0.3 is 0 Å². The van der Waals surface area contributed by atoms with E-state index < -0.39 is 0 Å². The monoisotopic (exact) mass is 874 g/mol. The van der Waals surface area contributed by atoms with Crippen molar-refractivity contribution in [3.8, 4) is 12.1 Å². The molecule has 11 rings (SSSR count). The molecule has 0 saturated heterocycles. The van der Waals surface area contributed by atoms with E-state index in [1.807, 2.05) is 24.3 Å². The van der Waals surface area contributed by atoms with Crippen molar-refractivity contribution in [3.63, 3.8) is 0 Å². The Labute approximate surface area is 399 Å². The van der Waals surface area contributed by atoms with Gasteiger partial charge in [-0.1, -0.05) is 133 Å². The third kappa shape index (κ3) is 8.23. The fourth-order valence-corrected chi connectivity index (χ4v) is 10.5. The summed E-state index contributed by atoms with van der Waals surface area (Å²) in [7, 11) is 0. The molecule has 0 N–H and O–H groups in total. The van der Waals surface area contributed by atoms with Gasteiger partial charge < -0.3 is 9.80 Å². The number of rotatable bonds is 10. The fourth-order valence-electron chi connectivity index (χ4n) is 10.5. The number of para-hydroxylation sites is 2. The second-order valence-electron chi connectivity index (χ2n) is 18.0. The van der Waals surface area contributed by atoms with E-state index in [1.165, 1.54) is 59.3 Å². The quantitative estimate of drug-likeness (QED) is 0.101. The first kappa shape index (κ1) is 42.2. The molecule has 0 saturated carbocycles. The highest BCUT2D eigenvalue weighted by molar-refractivity contribution is 6.14. The van der Waals surface area contributed by atoms with Crippen LogP contribution in [-0.4, -0.2) is 0 Å². The minimum absolute atomic E-state index is 0.410. The number of nitrogens with zero attached hydrogens (tertiary/aromatic N) is 4. The molecule has 2 aliphatic rings. The van der Waals surface area contributed by atoms with Crippen LogP contribution in [0, 0.1) is 22.7 Å². The zero-order valence-corrected chi connectivity index (χ0v) is 38.1. The van der Waals surface area contributed by atoms with Gasteiger partial charge in [0.25, 0.3) is 0 Å². The van der Waals surface area contributed by atoms with Gasteiger partial charge in [-0.25, -0.2) is 0 Å². The number of hydrogen-bond donors (Lipinski definition) is 0. The molecule has 9 aromatic carbocycles. The molecular formula is C64H50N4. The lowest BCUT2D eigenvalue weighted by Gasteiger charge is -2.30. The van der Waals surface area contributed by atoms with E-state index in [2.05, 4.69) is 204 Å². The average Bonchev–Trinajstić information content (AvgIpc) is 3.41. The third-order valence-electron chi connectivity index (χ3n) is 13.9. The van der Waals surface area contributed by atoms with Crippen molar-refractivity contribution in [2.45, 2.75) is 51.4 Å². The van der Waals surface area contributed by atoms with Crippen molar-refractivity contribution < 1.29 is 0 Å². The minimum Gasteiger partial charge on any atom is -0.310 e. The van der Waals surface area contributed by atoms with Crippen molar-refractivity contribution in [2.24, 2.45) is 0 Å². The Kier molecular flexibility index (Phi) is 11.7. The maximum absolute atomic E-state index is 10.4. The molecule has 0 atom stereocenters. The minimum atomic E-state index is 0.410. The van der Waals surface area contributed by atoms with Crippen LogP contribution in [0.3, 0.4) is 0 Å². The second kappa shape index (κ2) is 18.8. The largest absolute Gasteiger partial charge is 0.310 e. The lowest BCUT2D eigenvalue weighted by atomic mass is 9.90. The Morgan fingerprint density at radius 3 is 1.12 bits per heavy atom. The maximum Gasteiger partial charge on any atom is 0.101 e. The molecule has 0 aliphatic heterocycles. The summed E-state index contributed by atoms with van der Waals surface area (Å²) in [6, 6.07) is 69.5. The molecule has 9 aromatic rings. The van der Waals surface area contributed by atoms with Gasteiger partial charge in [0.2, 0.25) is 0 Å². The number of fused-ring (bicyclic) bond motifs is 5. The van der Waals surface area contributed by atoms with E-state index >= 15 is 0 Å². The zero-order valence-electron chi connectivity index (χ0n) is 38.1. The van der Waals surface area contributed by atoms with Gasteiger partial charge in [0.15, 0.2) is 0 Å². The van der Waals surface area contributed by atoms with Crippen LogP contribution in [0.5, 0.6) is 0 Å². The van der Waals surface area contributed by atoms with E-state index in [9.17, 15) is 10.5 Å². The van der Waals surface area contributed by atoms with Crippen LogP contribution in [-0.2, 0) is 25.7 Å². The first-order chi connectivity index (χ1) is 33.6. The number of aryl methyl sites for hydroxylation is 2. The van der Waals surface area contributed by atoms with E-state index in [-0.39, 0.29) is 0 Å². The van der Waals surface area contributed by atoms with Crippen LogP contribution in [0.4, 0.5) is 34.1 Å². The average molecular weight is 875 g/mol. The highest BCUT2D eigenvalue weighted by Crippen LogP contribution is 2.42. The summed E-state index contributed by atoms with van der Waals surface area (Å²) in [4.78, 5) is 4.79. The number of nitriles is 2. The van der Waals surface area contributed by atoms with Gasteiger partial charge in [-0.05, 0) is 179 Å². The number of benzene rings is 9. The van der Waals surface area contributed by atoms with Crippen molar-refractivity contribution in [3.05, 3.63) is 238 Å². The molecule has 4 nitrogen and oxygen atoms in total. The lowest BCUT2D eigenvalue weighted by Crippen LogP contribution is -2.15. The Morgan fingerprint density at radius 1 is 0.338 bits per heavy atom. The fraction of sp³-hybridized carbons (Fsp3) is 0.125. The van der Waals surface area contributed by atoms with Crippen molar-refractivity contribution in [2.75, 3.05) is 9.80 Å². The van der Waals surface area contributed by atoms with Gasteiger partial charge in [0.05, 0.1) is 11.1 Å². The standard InChI is InChI=1S/C64H50N4/c65-43-61-57-39-33-47(27-25-45-29-35-53(36-30-45)67(51-17-3-1-4-18-51)63-23-11-15-49-13-7-9-21-55(49)63)41-59(57)60-42-48(34-40-58(60)62(61)44-66)28-26-46-31-37-54(38-32-46)68(52-19-5-2-6-20-52)64-24-12-16-50-14-8-10-22-56(50)64/h1-6,11-12,15-20,23-42H,7-10,13-14,21-22H2/b27-25-,28-26-. The van der Waals surface area contributed by atoms with Gasteiger partial charge in [-0.15, -0.1) is 0 Å². The van der Waals surface area contributed by atoms with E-state index in [1.54, 1.807) is 0 Å². The van der Waals surface area contributed by atoms with Gasteiger partial charge in [0, 0.05) is 44.9 Å². The second-order valence-corrected chi connectivity index (χ2v) is 18.0. The maximum atomic E-state index is 10.4. The van der Waals surface area contributed by atoms with E-state index in [0.717, 1.165) is 92.2 Å². The lowest BCUT2D eigenvalue weighted by molar-refractivity contribution is 0.686. The molecule has 0 amide bonds. The van der Waals surface area contributed by atoms with Crippen LogP contribution in [0.1, 0.15) is 81.3 Å². The molecule has 2 aliphatic carbocycles. The molecule has 0 fully saturated rings. The Hall–Kier alpha value is -8.44. The first-order valence-corrected chi connectivity index (χ1v) is 24.0. The van der Waals surface area contributed by atoms with E-state index in [4.69, 9.17) is 0 Å². The molecule has 0 heterocycles. The summed E-state index contributed by atoms with van der Waals surface area (Å²) in [6.07, 6.45) is 18.0. The summed E-state index contributed by atoms with van der Waals surface area (Å²) >= 11 is 0. The Morgan fingerprint density at radius 2 is 0.706 bits per heavy atom. The van der Waals surface area contributed by atoms with Crippen LogP contribution in [0.2, 0.25) is 0 Å². The summed E-state index contributed by atoms with van der Waals surface area (Å²) in [6.45, 7) is 0. The predicted molar refractivity (Wildman–Crippen MR) is 284 cm³/mol. The topological polar surface area (TPSA) is 54.1 Å². The van der Waals surface area contributed by atoms with Gasteiger partial charge in [-0.3, -0.25) is 0 Å². The zero-order chi connectivity index (χ0) is 45.8. The molecule has 0 bridgehead atoms. The van der Waals surface area contributed by atoms with Crippen molar-refractivity contribution >= 4 is 80.0 Å². The molecule has 4 heteroatoms. The van der Waals surface area contributed by atoms with Crippen molar-refractivity contribution in [1.82, 2.24) is 0 Å². The smallest absolute Gasteiger partial charge is 0.101 e. The predicted octanol–water partition coefficient (Wildman–Crippen LogP) is 16.8. The van der Waals surface area contributed by atoms with E-state index in [0.29, 0.717) is 11.1 Å². The summed E-state index contributed by atoms with van der Waals surface area (Å²) < 4.78 is 0. The number of anilines is 6. The molecule has 68 heavy (non-hydrogen) atoms. The highest BCUT2D eigenvalue weighted by Gasteiger charge is 2.22. The SMILES string of the molecule is N#Cc1c(C#N)c2ccc(/C=C\c3ccc(N(c4ccccc4)c4cccc5c4CCCC5)cc3)cc2c2cc(/C=C\c3ccc(N(c4ccccc4)c4cccc5c4CCCC5)cc3)ccc12. The molecular weight excluding hydrogens is 825 g/mol. The molecule has 0 aromatic heterocycles. The first-order valence-electron chi connectivity index (χ1n) is 24.0. The summed E-state index contributed by atoms with van der Waals surface area (Å²) in [5.41, 5.74) is 17.9. The Balaban J connectivity index is 0.891.